The molecule has 3 N–H and O–H groups in total. The van der Waals surface area contributed by atoms with Gasteiger partial charge in [0.15, 0.2) is 6.29 Å². The predicted molar refractivity (Wildman–Crippen MR) is 187 cm³/mol. The lowest BCUT2D eigenvalue weighted by Crippen LogP contribution is -2.51. The summed E-state index contributed by atoms with van der Waals surface area (Å²) in [6.45, 7) is 10.7. The second-order valence-electron chi connectivity index (χ2n) is 13.2. The van der Waals surface area contributed by atoms with E-state index in [1.165, 1.54) is 12.5 Å². The van der Waals surface area contributed by atoms with E-state index in [9.17, 15) is 14.7 Å². The maximum Gasteiger partial charge on any atom is 0.220 e. The number of aliphatic hydroxyl groups excluding tert-OH is 1. The molecule has 9 heteroatoms. The zero-order valence-electron chi connectivity index (χ0n) is 28.5. The summed E-state index contributed by atoms with van der Waals surface area (Å²) in [6.07, 6.45) is 2.36. The molecule has 48 heavy (non-hydrogen) atoms. The van der Waals surface area contributed by atoms with Gasteiger partial charge in [-0.1, -0.05) is 92.2 Å². The number of aliphatic hydroxyl groups is 1. The van der Waals surface area contributed by atoms with E-state index in [4.69, 9.17) is 9.47 Å². The zero-order chi connectivity index (χ0) is 33.7. The number of ether oxygens (including phenoxy) is 2. The zero-order valence-corrected chi connectivity index (χ0v) is 28.5. The molecule has 0 aromatic heterocycles. The lowest BCUT2D eigenvalue weighted by molar-refractivity contribution is -0.276. The average molecular weight is 657 g/mol. The molecule has 9 nitrogen and oxygen atoms in total. The molecule has 2 heterocycles. The smallest absolute Gasteiger partial charge is 0.220 e. The number of hydrogen-bond donors (Lipinski definition) is 3. The minimum atomic E-state index is -0.519. The quantitative estimate of drug-likeness (QED) is 0.196. The molecular weight excluding hydrogens is 604 g/mol. The van der Waals surface area contributed by atoms with E-state index in [1.54, 1.807) is 0 Å². The van der Waals surface area contributed by atoms with Crippen molar-refractivity contribution in [3.63, 3.8) is 0 Å². The molecule has 0 unspecified atom stereocenters. The largest absolute Gasteiger partial charge is 0.392 e. The maximum atomic E-state index is 12.4. The van der Waals surface area contributed by atoms with Crippen LogP contribution in [-0.4, -0.2) is 72.1 Å². The van der Waals surface area contributed by atoms with E-state index < -0.39 is 6.29 Å². The van der Waals surface area contributed by atoms with Gasteiger partial charge < -0.3 is 25.2 Å². The summed E-state index contributed by atoms with van der Waals surface area (Å²) in [5.74, 6) is 0.140. The summed E-state index contributed by atoms with van der Waals surface area (Å²) in [6, 6.07) is 26.8. The van der Waals surface area contributed by atoms with Crippen molar-refractivity contribution >= 4 is 11.8 Å². The van der Waals surface area contributed by atoms with Crippen LogP contribution in [-0.2, 0) is 38.8 Å². The van der Waals surface area contributed by atoms with Crippen LogP contribution in [0.25, 0.3) is 0 Å². The van der Waals surface area contributed by atoms with Crippen molar-refractivity contribution in [1.82, 2.24) is 20.4 Å². The van der Waals surface area contributed by atoms with Gasteiger partial charge in [0.25, 0.3) is 0 Å². The third kappa shape index (κ3) is 10.7. The van der Waals surface area contributed by atoms with Gasteiger partial charge in [-0.3, -0.25) is 19.4 Å². The van der Waals surface area contributed by atoms with Crippen molar-refractivity contribution < 1.29 is 24.2 Å². The monoisotopic (exact) mass is 656 g/mol. The van der Waals surface area contributed by atoms with Crippen LogP contribution in [0.5, 0.6) is 0 Å². The van der Waals surface area contributed by atoms with Crippen LogP contribution in [0.15, 0.2) is 78.9 Å². The lowest BCUT2D eigenvalue weighted by Gasteiger charge is -2.44. The fourth-order valence-electron chi connectivity index (χ4n) is 6.49. The number of benzene rings is 3. The molecule has 2 amide bonds. The number of hydrogen-bond acceptors (Lipinski definition) is 7. The topological polar surface area (TPSA) is 103 Å². The third-order valence-corrected chi connectivity index (χ3v) is 9.47. The Hall–Kier alpha value is -3.60. The van der Waals surface area contributed by atoms with E-state index in [0.29, 0.717) is 19.5 Å². The molecule has 0 spiro atoms. The fraction of sp³-hybridized carbons (Fsp3) is 0.487. The van der Waals surface area contributed by atoms with Gasteiger partial charge in [0, 0.05) is 77.2 Å². The molecule has 2 saturated heterocycles. The van der Waals surface area contributed by atoms with Gasteiger partial charge in [0.05, 0.1) is 18.8 Å². The SMILES string of the molecule is CC(=O)NCCCCCC(=O)NCc1ccc([C@H]2O[C@@H](CN3CCN(Cc4ccccc4)CC3)[C@@H](C)[C@@H](c3ccc(CO)cc3)O2)cc1. The lowest BCUT2D eigenvalue weighted by atomic mass is 9.90. The first kappa shape index (κ1) is 35.7. The molecule has 2 aliphatic heterocycles. The summed E-state index contributed by atoms with van der Waals surface area (Å²) >= 11 is 0. The molecule has 0 radical (unpaired) electrons. The highest BCUT2D eigenvalue weighted by molar-refractivity contribution is 5.75. The summed E-state index contributed by atoms with van der Waals surface area (Å²) < 4.78 is 13.4. The van der Waals surface area contributed by atoms with Crippen LogP contribution in [0.2, 0.25) is 0 Å². The molecule has 0 bridgehead atoms. The summed E-state index contributed by atoms with van der Waals surface area (Å²) in [4.78, 5) is 28.4. The predicted octanol–water partition coefficient (Wildman–Crippen LogP) is 5.10. The standard InChI is InChI=1S/C39H52N4O5/c1-29-36(27-43-23-21-42(22-24-43)26-32-9-5-3-6-10-32)47-39(48-38(29)34-16-14-33(28-44)15-17-34)35-18-12-31(13-19-35)25-41-37(46)11-7-4-8-20-40-30(2)45/h3,5-6,9-10,12-19,29,36,38-39,44H,4,7-8,11,20-28H2,1-2H3,(H,40,45)(H,41,46)/t29-,36+,38+,39+/m1/s1. The van der Waals surface area contributed by atoms with Gasteiger partial charge in [0.1, 0.15) is 0 Å². The Bertz CT molecular complexity index is 1410. The number of nitrogens with zero attached hydrogens (tertiary/aromatic N) is 2. The van der Waals surface area contributed by atoms with Gasteiger partial charge in [-0.05, 0) is 35.1 Å². The van der Waals surface area contributed by atoms with Crippen LogP contribution in [0.3, 0.4) is 0 Å². The first-order valence-corrected chi connectivity index (χ1v) is 17.5. The Morgan fingerprint density at radius 3 is 2.12 bits per heavy atom. The summed E-state index contributed by atoms with van der Waals surface area (Å²) in [5.41, 5.74) is 5.28. The second-order valence-corrected chi connectivity index (χ2v) is 13.2. The molecule has 3 aromatic rings. The number of rotatable bonds is 15. The minimum absolute atomic E-state index is 0.0126. The highest BCUT2D eigenvalue weighted by Crippen LogP contribution is 2.42. The molecule has 2 aliphatic rings. The normalized spacial score (nSPS) is 21.9. The van der Waals surface area contributed by atoms with Crippen LogP contribution in [0.4, 0.5) is 0 Å². The number of unbranched alkanes of at least 4 members (excludes halogenated alkanes) is 2. The van der Waals surface area contributed by atoms with Crippen LogP contribution in [0, 0.1) is 5.92 Å². The van der Waals surface area contributed by atoms with Crippen LogP contribution < -0.4 is 10.6 Å². The van der Waals surface area contributed by atoms with Gasteiger partial charge in [0.2, 0.25) is 11.8 Å². The molecule has 4 atom stereocenters. The van der Waals surface area contributed by atoms with Gasteiger partial charge >= 0.3 is 0 Å². The molecule has 2 fully saturated rings. The highest BCUT2D eigenvalue weighted by atomic mass is 16.7. The van der Waals surface area contributed by atoms with Crippen molar-refractivity contribution in [3.05, 3.63) is 107 Å². The van der Waals surface area contributed by atoms with Crippen LogP contribution in [0.1, 0.15) is 79.7 Å². The average Bonchev–Trinajstić information content (AvgIpc) is 3.11. The molecule has 5 rings (SSSR count). The third-order valence-electron chi connectivity index (χ3n) is 9.47. The van der Waals surface area contributed by atoms with Crippen molar-refractivity contribution in [2.75, 3.05) is 39.3 Å². The molecule has 0 saturated carbocycles. The number of nitrogens with one attached hydrogen (secondary N) is 2. The Labute approximate surface area is 285 Å². The van der Waals surface area contributed by atoms with E-state index in [0.717, 1.165) is 80.8 Å². The molecule has 258 valence electrons. The van der Waals surface area contributed by atoms with E-state index in [2.05, 4.69) is 69.8 Å². The molecular formula is C39H52N4O5. The van der Waals surface area contributed by atoms with Crippen molar-refractivity contribution in [2.24, 2.45) is 5.92 Å². The van der Waals surface area contributed by atoms with Gasteiger partial charge in [-0.2, -0.15) is 0 Å². The van der Waals surface area contributed by atoms with E-state index in [-0.39, 0.29) is 36.5 Å². The van der Waals surface area contributed by atoms with Crippen LogP contribution >= 0.6 is 0 Å². The first-order chi connectivity index (χ1) is 23.4. The van der Waals surface area contributed by atoms with Crippen molar-refractivity contribution in [1.29, 1.82) is 0 Å². The van der Waals surface area contributed by atoms with Gasteiger partial charge in [-0.15, -0.1) is 0 Å². The Morgan fingerprint density at radius 2 is 1.44 bits per heavy atom. The number of piperazine rings is 1. The van der Waals surface area contributed by atoms with Crippen molar-refractivity contribution in [3.8, 4) is 0 Å². The number of amides is 2. The Morgan fingerprint density at radius 1 is 0.771 bits per heavy atom. The van der Waals surface area contributed by atoms with Crippen molar-refractivity contribution in [2.45, 2.75) is 77.7 Å². The minimum Gasteiger partial charge on any atom is -0.392 e. The molecule has 3 aromatic carbocycles. The van der Waals surface area contributed by atoms with E-state index in [1.807, 2.05) is 36.4 Å². The Kier molecular flexibility index (Phi) is 13.6. The summed E-state index contributed by atoms with van der Waals surface area (Å²) in [7, 11) is 0. The molecule has 0 aliphatic carbocycles. The Balaban J connectivity index is 1.17. The van der Waals surface area contributed by atoms with Gasteiger partial charge in [-0.25, -0.2) is 0 Å². The second kappa shape index (κ2) is 18.2. The fourth-order valence-corrected chi connectivity index (χ4v) is 6.49. The van der Waals surface area contributed by atoms with E-state index >= 15 is 0 Å². The summed E-state index contributed by atoms with van der Waals surface area (Å²) in [5, 5.41) is 15.4. The maximum absolute atomic E-state index is 12.4. The highest BCUT2D eigenvalue weighted by Gasteiger charge is 2.39. The first-order valence-electron chi connectivity index (χ1n) is 17.5. The number of carbonyl (C=O) groups is 2. The number of carbonyl (C=O) groups excluding carboxylic acids is 2.